The zero-order valence-corrected chi connectivity index (χ0v) is 14.1. The highest BCUT2D eigenvalue weighted by Crippen LogP contribution is 2.27. The van der Waals surface area contributed by atoms with E-state index in [1.165, 1.54) is 29.0 Å². The Balaban J connectivity index is 2.01. The molecule has 2 amide bonds. The Labute approximate surface area is 144 Å². The van der Waals surface area contributed by atoms with E-state index in [-0.39, 0.29) is 17.8 Å². The molecule has 0 aliphatic carbocycles. The number of methoxy groups -OCH3 is 1. The molecule has 0 saturated carbocycles. The Hall–Kier alpha value is -2.48. The van der Waals surface area contributed by atoms with Gasteiger partial charge in [-0.3, -0.25) is 14.5 Å². The Kier molecular flexibility index (Phi) is 4.23. The first-order valence-corrected chi connectivity index (χ1v) is 7.77. The van der Waals surface area contributed by atoms with Crippen molar-refractivity contribution in [3.63, 3.8) is 0 Å². The molecule has 0 saturated heterocycles. The van der Waals surface area contributed by atoms with Crippen LogP contribution < -0.4 is 0 Å². The second kappa shape index (κ2) is 6.20. The van der Waals surface area contributed by atoms with Gasteiger partial charge in [-0.1, -0.05) is 22.0 Å². The first-order valence-electron chi connectivity index (χ1n) is 6.98. The van der Waals surface area contributed by atoms with Gasteiger partial charge in [-0.05, 0) is 24.3 Å². The van der Waals surface area contributed by atoms with Crippen LogP contribution in [0.15, 0.2) is 41.0 Å². The lowest BCUT2D eigenvalue weighted by Crippen LogP contribution is -2.49. The molecule has 1 aromatic heterocycles. The second-order valence-electron chi connectivity index (χ2n) is 5.19. The summed E-state index contributed by atoms with van der Waals surface area (Å²) >= 11 is 3.15. The van der Waals surface area contributed by atoms with Crippen LogP contribution in [0.4, 0.5) is 4.39 Å². The van der Waals surface area contributed by atoms with Crippen LogP contribution >= 0.6 is 15.9 Å². The Morgan fingerprint density at radius 3 is 2.75 bits per heavy atom. The van der Waals surface area contributed by atoms with Gasteiger partial charge in [0.15, 0.2) is 0 Å². The van der Waals surface area contributed by atoms with Gasteiger partial charge in [-0.25, -0.2) is 9.18 Å². The number of fused-ring (bicyclic) bond motifs is 1. The summed E-state index contributed by atoms with van der Waals surface area (Å²) in [4.78, 5) is 38.0. The molecule has 3 rings (SSSR count). The molecule has 1 aromatic carbocycles. The maximum absolute atomic E-state index is 14.0. The lowest BCUT2D eigenvalue weighted by atomic mass is 10.1. The number of esters is 1. The molecule has 0 spiro atoms. The minimum absolute atomic E-state index is 0.169. The summed E-state index contributed by atoms with van der Waals surface area (Å²) < 4.78 is 20.5. The maximum Gasteiger partial charge on any atom is 0.338 e. The van der Waals surface area contributed by atoms with Crippen molar-refractivity contribution in [2.24, 2.45) is 0 Å². The number of ether oxygens (including phenoxy) is 1. The number of carbonyl (C=O) groups is 3. The van der Waals surface area contributed by atoms with E-state index in [1.54, 1.807) is 12.1 Å². The topological polar surface area (TPSA) is 68.6 Å². The van der Waals surface area contributed by atoms with E-state index >= 15 is 0 Å². The summed E-state index contributed by atoms with van der Waals surface area (Å²) in [5, 5.41) is 0. The quantitative estimate of drug-likeness (QED) is 0.455. The van der Waals surface area contributed by atoms with E-state index in [0.717, 1.165) is 12.0 Å². The van der Waals surface area contributed by atoms with Crippen LogP contribution in [0.5, 0.6) is 0 Å². The molecule has 24 heavy (non-hydrogen) atoms. The molecule has 1 aliphatic rings. The Morgan fingerprint density at radius 1 is 1.33 bits per heavy atom. The number of imide groups is 1. The number of halogens is 2. The third-order valence-electron chi connectivity index (χ3n) is 3.79. The van der Waals surface area contributed by atoms with Gasteiger partial charge in [-0.15, -0.1) is 0 Å². The standard InChI is InChI=1S/C16H12BrFN2O4/c1-24-16(23)13-15(22)20(14(21)12-3-2-6-19(12)13)8-9-4-5-10(17)7-11(9)18/h2-7,13H,8H2,1H3. The van der Waals surface area contributed by atoms with E-state index in [9.17, 15) is 18.8 Å². The van der Waals surface area contributed by atoms with Crippen molar-refractivity contribution in [3.8, 4) is 0 Å². The van der Waals surface area contributed by atoms with E-state index in [1.807, 2.05) is 0 Å². The van der Waals surface area contributed by atoms with Gasteiger partial charge in [0, 0.05) is 16.2 Å². The van der Waals surface area contributed by atoms with Crippen LogP contribution in [-0.4, -0.2) is 34.4 Å². The smallest absolute Gasteiger partial charge is 0.338 e. The van der Waals surface area contributed by atoms with Crippen molar-refractivity contribution in [1.82, 2.24) is 9.47 Å². The highest BCUT2D eigenvalue weighted by atomic mass is 79.9. The molecule has 0 fully saturated rings. The van der Waals surface area contributed by atoms with Crippen molar-refractivity contribution >= 4 is 33.7 Å². The molecule has 0 bridgehead atoms. The van der Waals surface area contributed by atoms with Gasteiger partial charge < -0.3 is 9.30 Å². The van der Waals surface area contributed by atoms with Crippen LogP contribution in [0.25, 0.3) is 0 Å². The fraction of sp³-hybridized carbons (Fsp3) is 0.188. The van der Waals surface area contributed by atoms with Crippen LogP contribution in [0.3, 0.4) is 0 Å². The Bertz CT molecular complexity index is 848. The average Bonchev–Trinajstić information content (AvgIpc) is 3.02. The van der Waals surface area contributed by atoms with Gasteiger partial charge in [0.05, 0.1) is 13.7 Å². The molecule has 1 atom stereocenters. The molecule has 6 nitrogen and oxygen atoms in total. The van der Waals surface area contributed by atoms with E-state index in [0.29, 0.717) is 4.47 Å². The number of carbonyl (C=O) groups excluding carboxylic acids is 3. The molecule has 1 aliphatic heterocycles. The minimum atomic E-state index is -1.30. The number of hydrogen-bond donors (Lipinski definition) is 0. The third-order valence-corrected chi connectivity index (χ3v) is 4.28. The van der Waals surface area contributed by atoms with Crippen molar-refractivity contribution < 1.29 is 23.5 Å². The van der Waals surface area contributed by atoms with Crippen LogP contribution in [0.2, 0.25) is 0 Å². The van der Waals surface area contributed by atoms with Gasteiger partial charge >= 0.3 is 5.97 Å². The summed E-state index contributed by atoms with van der Waals surface area (Å²) in [6.07, 6.45) is 1.46. The summed E-state index contributed by atoms with van der Waals surface area (Å²) in [7, 11) is 1.16. The predicted molar refractivity (Wildman–Crippen MR) is 84.5 cm³/mol. The van der Waals surface area contributed by atoms with E-state index in [4.69, 9.17) is 0 Å². The molecule has 0 N–H and O–H groups in total. The van der Waals surface area contributed by atoms with Crippen LogP contribution in [0, 0.1) is 5.82 Å². The summed E-state index contributed by atoms with van der Waals surface area (Å²) in [5.74, 6) is -2.68. The third kappa shape index (κ3) is 2.62. The van der Waals surface area contributed by atoms with Gasteiger partial charge in [0.25, 0.3) is 11.8 Å². The number of aromatic nitrogens is 1. The number of amides is 2. The predicted octanol–water partition coefficient (Wildman–Crippen LogP) is 2.29. The van der Waals surface area contributed by atoms with E-state index in [2.05, 4.69) is 20.7 Å². The molecular formula is C16H12BrFN2O4. The first-order chi connectivity index (χ1) is 11.4. The molecule has 0 radical (unpaired) electrons. The van der Waals surface area contributed by atoms with Gasteiger partial charge in [-0.2, -0.15) is 0 Å². The highest BCUT2D eigenvalue weighted by molar-refractivity contribution is 9.10. The molecule has 8 heteroatoms. The summed E-state index contributed by atoms with van der Waals surface area (Å²) in [6.45, 7) is -0.268. The molecular weight excluding hydrogens is 383 g/mol. The van der Waals surface area contributed by atoms with Gasteiger partial charge in [0.1, 0.15) is 11.5 Å². The second-order valence-corrected chi connectivity index (χ2v) is 6.11. The Morgan fingerprint density at radius 2 is 2.08 bits per heavy atom. The summed E-state index contributed by atoms with van der Waals surface area (Å²) in [6, 6.07) is 6.08. The largest absolute Gasteiger partial charge is 0.467 e. The number of benzene rings is 1. The normalized spacial score (nSPS) is 17.0. The van der Waals surface area contributed by atoms with E-state index < -0.39 is 29.6 Å². The summed E-state index contributed by atoms with van der Waals surface area (Å²) in [5.41, 5.74) is 0.339. The monoisotopic (exact) mass is 394 g/mol. The molecule has 124 valence electrons. The lowest BCUT2D eigenvalue weighted by Gasteiger charge is -2.31. The fourth-order valence-corrected chi connectivity index (χ4v) is 2.93. The number of rotatable bonds is 3. The van der Waals surface area contributed by atoms with Gasteiger partial charge in [0.2, 0.25) is 6.04 Å². The first kappa shape index (κ1) is 16.4. The fourth-order valence-electron chi connectivity index (χ4n) is 2.60. The van der Waals surface area contributed by atoms with Crippen molar-refractivity contribution in [2.45, 2.75) is 12.6 Å². The van der Waals surface area contributed by atoms with Crippen LogP contribution in [0.1, 0.15) is 22.1 Å². The minimum Gasteiger partial charge on any atom is -0.467 e. The van der Waals surface area contributed by atoms with Crippen molar-refractivity contribution in [3.05, 3.63) is 58.1 Å². The van der Waals surface area contributed by atoms with Crippen molar-refractivity contribution in [1.29, 1.82) is 0 Å². The highest BCUT2D eigenvalue weighted by Gasteiger charge is 2.43. The molecule has 2 aromatic rings. The lowest BCUT2D eigenvalue weighted by molar-refractivity contribution is -0.152. The zero-order chi connectivity index (χ0) is 17.4. The number of nitrogens with zero attached hydrogens (tertiary/aromatic N) is 2. The maximum atomic E-state index is 14.0. The van der Waals surface area contributed by atoms with Crippen molar-refractivity contribution in [2.75, 3.05) is 7.11 Å². The zero-order valence-electron chi connectivity index (χ0n) is 12.5. The SMILES string of the molecule is COC(=O)C1C(=O)N(Cc2ccc(Br)cc2F)C(=O)c2cccn21. The average molecular weight is 395 g/mol. The number of hydrogen-bond acceptors (Lipinski definition) is 4. The molecule has 2 heterocycles. The van der Waals surface area contributed by atoms with Crippen LogP contribution in [-0.2, 0) is 20.9 Å². The molecule has 1 unspecified atom stereocenters.